The Bertz CT molecular complexity index is 649. The van der Waals surface area contributed by atoms with Crippen LogP contribution in [0.15, 0.2) is 6.07 Å². The zero-order valence-corrected chi connectivity index (χ0v) is 18.0. The maximum Gasteiger partial charge on any atom is 0.232 e. The molecule has 2 aliphatic rings. The summed E-state index contributed by atoms with van der Waals surface area (Å²) in [6, 6.07) is 2.96. The first-order valence-corrected chi connectivity index (χ1v) is 10.8. The summed E-state index contributed by atoms with van der Waals surface area (Å²) in [4.78, 5) is 14.4. The molecular formula is C20H34N6S. The van der Waals surface area contributed by atoms with Crippen molar-refractivity contribution in [2.75, 3.05) is 34.8 Å². The van der Waals surface area contributed by atoms with Crippen LogP contribution in [0, 0.1) is 5.92 Å². The van der Waals surface area contributed by atoms with Gasteiger partial charge in [0.1, 0.15) is 11.6 Å². The molecule has 1 aromatic heterocycles. The summed E-state index contributed by atoms with van der Waals surface area (Å²) in [5, 5.41) is 7.00. The van der Waals surface area contributed by atoms with Crippen LogP contribution < -0.4 is 20.4 Å². The predicted octanol–water partition coefficient (Wildman–Crippen LogP) is 3.79. The molecule has 2 atom stereocenters. The summed E-state index contributed by atoms with van der Waals surface area (Å²) >= 11 is 5.42. The number of hydrogen-bond acceptors (Lipinski definition) is 5. The minimum absolute atomic E-state index is 0.276. The van der Waals surface area contributed by atoms with Crippen molar-refractivity contribution >= 4 is 34.9 Å². The van der Waals surface area contributed by atoms with Gasteiger partial charge < -0.3 is 20.4 Å². The van der Waals surface area contributed by atoms with E-state index in [9.17, 15) is 0 Å². The lowest BCUT2D eigenvalue weighted by atomic mass is 10.0. The highest BCUT2D eigenvalue weighted by Gasteiger charge is 2.24. The number of nitrogens with one attached hydrogen (secondary N) is 2. The molecular weight excluding hydrogens is 356 g/mol. The van der Waals surface area contributed by atoms with E-state index in [4.69, 9.17) is 22.2 Å². The van der Waals surface area contributed by atoms with Crippen LogP contribution in [0.25, 0.3) is 0 Å². The minimum Gasteiger partial charge on any atom is -0.360 e. The first-order valence-electron chi connectivity index (χ1n) is 10.4. The van der Waals surface area contributed by atoms with E-state index < -0.39 is 0 Å². The Morgan fingerprint density at radius 1 is 1.11 bits per heavy atom. The Morgan fingerprint density at radius 2 is 1.89 bits per heavy atom. The fraction of sp³-hybridized carbons (Fsp3) is 0.750. The number of hydrogen-bond donors (Lipinski definition) is 2. The molecule has 0 spiro atoms. The number of anilines is 3. The molecule has 150 valence electrons. The van der Waals surface area contributed by atoms with Crippen molar-refractivity contribution in [3.8, 4) is 0 Å². The summed E-state index contributed by atoms with van der Waals surface area (Å²) in [7, 11) is 0. The largest absolute Gasteiger partial charge is 0.360 e. The number of aromatic nitrogens is 2. The van der Waals surface area contributed by atoms with Crippen molar-refractivity contribution < 1.29 is 0 Å². The number of rotatable bonds is 4. The molecule has 0 aromatic carbocycles. The normalized spacial score (nSPS) is 23.4. The van der Waals surface area contributed by atoms with E-state index in [-0.39, 0.29) is 6.04 Å². The van der Waals surface area contributed by atoms with E-state index in [1.807, 2.05) is 0 Å². The summed E-state index contributed by atoms with van der Waals surface area (Å²) in [6.45, 7) is 11.9. The van der Waals surface area contributed by atoms with E-state index in [1.165, 1.54) is 32.1 Å². The number of nitrogens with zero attached hydrogens (tertiary/aromatic N) is 4. The van der Waals surface area contributed by atoms with Gasteiger partial charge in [-0.1, -0.05) is 6.92 Å². The highest BCUT2D eigenvalue weighted by Crippen LogP contribution is 2.29. The molecule has 2 fully saturated rings. The van der Waals surface area contributed by atoms with Crippen molar-refractivity contribution in [1.29, 1.82) is 0 Å². The van der Waals surface area contributed by atoms with Gasteiger partial charge in [0, 0.05) is 37.8 Å². The van der Waals surface area contributed by atoms with E-state index in [2.05, 4.69) is 54.2 Å². The fourth-order valence-electron chi connectivity index (χ4n) is 4.02. The summed E-state index contributed by atoms with van der Waals surface area (Å²) in [5.41, 5.74) is 0. The van der Waals surface area contributed by atoms with Gasteiger partial charge in [-0.05, 0) is 71.0 Å². The van der Waals surface area contributed by atoms with E-state index in [1.54, 1.807) is 0 Å². The molecule has 0 unspecified atom stereocenters. The average Bonchev–Trinajstić information content (AvgIpc) is 2.61. The Hall–Kier alpha value is -1.63. The lowest BCUT2D eigenvalue weighted by Crippen LogP contribution is -2.39. The van der Waals surface area contributed by atoms with Gasteiger partial charge in [0.2, 0.25) is 5.95 Å². The summed E-state index contributed by atoms with van der Waals surface area (Å²) in [6.07, 6.45) is 6.26. The summed E-state index contributed by atoms with van der Waals surface area (Å²) < 4.78 is 0. The van der Waals surface area contributed by atoms with E-state index in [0.717, 1.165) is 31.3 Å². The molecule has 0 amide bonds. The molecule has 2 saturated heterocycles. The molecule has 0 aliphatic carbocycles. The molecule has 1 aromatic rings. The van der Waals surface area contributed by atoms with Crippen LogP contribution in [0.3, 0.4) is 0 Å². The molecule has 0 bridgehead atoms. The maximum atomic E-state index is 5.42. The second-order valence-corrected chi connectivity index (χ2v) is 8.80. The maximum absolute atomic E-state index is 5.42. The minimum atomic E-state index is 0.276. The number of thiocarbonyl (C=S) groups is 1. The van der Waals surface area contributed by atoms with Gasteiger partial charge in [0.25, 0.3) is 0 Å². The molecule has 2 N–H and O–H groups in total. The molecule has 6 nitrogen and oxygen atoms in total. The van der Waals surface area contributed by atoms with Gasteiger partial charge in [-0.3, -0.25) is 0 Å². The average molecular weight is 391 g/mol. The van der Waals surface area contributed by atoms with Crippen LogP contribution in [0.5, 0.6) is 0 Å². The van der Waals surface area contributed by atoms with Gasteiger partial charge in [-0.2, -0.15) is 9.97 Å². The first kappa shape index (κ1) is 20.1. The second kappa shape index (κ2) is 9.04. The third-order valence-electron chi connectivity index (χ3n) is 5.42. The topological polar surface area (TPSA) is 56.3 Å². The van der Waals surface area contributed by atoms with Crippen LogP contribution in [0.1, 0.15) is 59.8 Å². The van der Waals surface area contributed by atoms with Crippen LogP contribution in [0.2, 0.25) is 0 Å². The Balaban J connectivity index is 1.88. The third kappa shape index (κ3) is 5.43. The van der Waals surface area contributed by atoms with Gasteiger partial charge in [-0.25, -0.2) is 0 Å². The molecule has 27 heavy (non-hydrogen) atoms. The fourth-order valence-corrected chi connectivity index (χ4v) is 4.35. The highest BCUT2D eigenvalue weighted by molar-refractivity contribution is 7.80. The Kier molecular flexibility index (Phi) is 6.73. The van der Waals surface area contributed by atoms with Crippen molar-refractivity contribution in [3.05, 3.63) is 6.07 Å². The molecule has 0 saturated carbocycles. The lowest BCUT2D eigenvalue weighted by molar-refractivity contribution is 0.444. The Labute approximate surface area is 169 Å². The van der Waals surface area contributed by atoms with Crippen LogP contribution >= 0.6 is 12.2 Å². The zero-order valence-electron chi connectivity index (χ0n) is 17.2. The molecule has 3 rings (SSSR count). The summed E-state index contributed by atoms with van der Waals surface area (Å²) in [5.74, 6) is 3.32. The molecule has 2 aliphatic heterocycles. The van der Waals surface area contributed by atoms with E-state index in [0.29, 0.717) is 23.0 Å². The van der Waals surface area contributed by atoms with Gasteiger partial charge >= 0.3 is 0 Å². The van der Waals surface area contributed by atoms with Gasteiger partial charge in [0.05, 0.1) is 0 Å². The van der Waals surface area contributed by atoms with Crippen molar-refractivity contribution in [1.82, 2.24) is 15.3 Å². The van der Waals surface area contributed by atoms with Crippen molar-refractivity contribution in [3.63, 3.8) is 0 Å². The third-order valence-corrected chi connectivity index (χ3v) is 5.64. The SMILES string of the molecule is CC(C)NC(=S)Nc1nc(N2CCC[C@@H](C)C2)cc(N2CCCC[C@H]2C)n1. The smallest absolute Gasteiger partial charge is 0.232 e. The molecule has 0 radical (unpaired) electrons. The zero-order chi connectivity index (χ0) is 19.4. The van der Waals surface area contributed by atoms with Crippen LogP contribution in [-0.4, -0.2) is 46.8 Å². The first-order chi connectivity index (χ1) is 12.9. The standard InChI is InChI=1S/C20H34N6S/c1-14(2)21-20(27)24-19-22-17(25-10-7-8-15(3)13-25)12-18(23-19)26-11-6-5-9-16(26)4/h12,14-16H,5-11,13H2,1-4H3,(H2,21,22,23,24,27)/t15-,16-/m1/s1. The van der Waals surface area contributed by atoms with Crippen LogP contribution in [0.4, 0.5) is 17.6 Å². The highest BCUT2D eigenvalue weighted by atomic mass is 32.1. The lowest BCUT2D eigenvalue weighted by Gasteiger charge is -2.36. The van der Waals surface area contributed by atoms with E-state index >= 15 is 0 Å². The second-order valence-electron chi connectivity index (χ2n) is 8.39. The number of piperidine rings is 2. The van der Waals surface area contributed by atoms with Crippen molar-refractivity contribution in [2.24, 2.45) is 5.92 Å². The van der Waals surface area contributed by atoms with Crippen molar-refractivity contribution in [2.45, 2.75) is 71.9 Å². The van der Waals surface area contributed by atoms with Gasteiger partial charge in [-0.15, -0.1) is 0 Å². The van der Waals surface area contributed by atoms with Crippen LogP contribution in [-0.2, 0) is 0 Å². The monoisotopic (exact) mass is 390 g/mol. The molecule has 3 heterocycles. The predicted molar refractivity (Wildman–Crippen MR) is 118 cm³/mol. The van der Waals surface area contributed by atoms with Gasteiger partial charge in [0.15, 0.2) is 5.11 Å². The Morgan fingerprint density at radius 3 is 2.59 bits per heavy atom. The quantitative estimate of drug-likeness (QED) is 0.759. The molecule has 7 heteroatoms.